The molecule has 128 valence electrons. The average Bonchev–Trinajstić information content (AvgIpc) is 2.59. The molecule has 0 saturated carbocycles. The lowest BCUT2D eigenvalue weighted by Gasteiger charge is -2.11. The third-order valence-electron chi connectivity index (χ3n) is 3.27. The van der Waals surface area contributed by atoms with Crippen molar-refractivity contribution < 1.29 is 14.3 Å². The Balaban J connectivity index is 2.19. The van der Waals surface area contributed by atoms with Crippen LogP contribution in [0.1, 0.15) is 29.7 Å². The third-order valence-corrected chi connectivity index (χ3v) is 3.27. The van der Waals surface area contributed by atoms with Crippen LogP contribution in [-0.2, 0) is 0 Å². The molecule has 1 amide bonds. The van der Waals surface area contributed by atoms with Gasteiger partial charge in [-0.3, -0.25) is 4.79 Å². The highest BCUT2D eigenvalue weighted by Gasteiger charge is 2.12. The fraction of sp³-hybridized carbons (Fsp3) is 0.353. The van der Waals surface area contributed by atoms with E-state index in [1.165, 1.54) is 0 Å². The van der Waals surface area contributed by atoms with Crippen molar-refractivity contribution in [3.05, 3.63) is 35.8 Å². The second-order valence-corrected chi connectivity index (χ2v) is 5.14. The number of hydrogen-bond acceptors (Lipinski definition) is 6. The van der Waals surface area contributed by atoms with Gasteiger partial charge in [0.25, 0.3) is 5.91 Å². The molecule has 0 bridgehead atoms. The van der Waals surface area contributed by atoms with Gasteiger partial charge >= 0.3 is 0 Å². The summed E-state index contributed by atoms with van der Waals surface area (Å²) in [4.78, 5) is 20.9. The van der Waals surface area contributed by atoms with Crippen LogP contribution in [0.3, 0.4) is 0 Å². The Morgan fingerprint density at radius 2 is 1.88 bits per heavy atom. The predicted octanol–water partition coefficient (Wildman–Crippen LogP) is 2.88. The van der Waals surface area contributed by atoms with Crippen LogP contribution in [0.25, 0.3) is 0 Å². The van der Waals surface area contributed by atoms with Gasteiger partial charge in [-0.05, 0) is 25.5 Å². The lowest BCUT2D eigenvalue weighted by Crippen LogP contribution is -2.16. The molecule has 0 aliphatic rings. The Morgan fingerprint density at radius 3 is 2.54 bits per heavy atom. The van der Waals surface area contributed by atoms with Gasteiger partial charge in [0.15, 0.2) is 11.5 Å². The molecular weight excluding hydrogens is 308 g/mol. The van der Waals surface area contributed by atoms with Gasteiger partial charge in [0.1, 0.15) is 17.3 Å². The predicted molar refractivity (Wildman–Crippen MR) is 93.0 cm³/mol. The summed E-state index contributed by atoms with van der Waals surface area (Å²) in [5.41, 5.74) is 0.896. The van der Waals surface area contributed by atoms with Crippen molar-refractivity contribution in [3.63, 3.8) is 0 Å². The van der Waals surface area contributed by atoms with Gasteiger partial charge < -0.3 is 20.1 Å². The minimum atomic E-state index is -0.313. The van der Waals surface area contributed by atoms with Crippen LogP contribution in [0.5, 0.6) is 11.5 Å². The Labute approximate surface area is 141 Å². The molecule has 7 heteroatoms. The molecule has 0 radical (unpaired) electrons. The Hall–Kier alpha value is -2.83. The van der Waals surface area contributed by atoms with Gasteiger partial charge in [0, 0.05) is 24.4 Å². The van der Waals surface area contributed by atoms with Crippen molar-refractivity contribution in [3.8, 4) is 11.5 Å². The maximum absolute atomic E-state index is 12.4. The van der Waals surface area contributed by atoms with E-state index >= 15 is 0 Å². The first-order valence-electron chi connectivity index (χ1n) is 7.70. The van der Waals surface area contributed by atoms with Crippen LogP contribution in [0, 0.1) is 6.92 Å². The summed E-state index contributed by atoms with van der Waals surface area (Å²) >= 11 is 0. The lowest BCUT2D eigenvalue weighted by molar-refractivity contribution is 0.102. The largest absolute Gasteiger partial charge is 0.493 e. The third kappa shape index (κ3) is 4.34. The number of aromatic nitrogens is 2. The number of methoxy groups -OCH3 is 2. The van der Waals surface area contributed by atoms with E-state index < -0.39 is 0 Å². The number of carbonyl (C=O) groups excluding carboxylic acids is 1. The van der Waals surface area contributed by atoms with Crippen molar-refractivity contribution >= 4 is 17.4 Å². The quantitative estimate of drug-likeness (QED) is 0.812. The van der Waals surface area contributed by atoms with Crippen LogP contribution in [0.4, 0.5) is 11.5 Å². The molecule has 0 aliphatic carbocycles. The van der Waals surface area contributed by atoms with E-state index in [2.05, 4.69) is 27.5 Å². The standard InChI is InChI=1S/C17H22N4O3/c1-5-8-18-16-10-13(19-11(2)20-16)17(22)21-12-6-7-14(23-3)15(9-12)24-4/h6-7,9-10H,5,8H2,1-4H3,(H,21,22)(H,18,19,20). The zero-order valence-electron chi connectivity index (χ0n) is 14.3. The highest BCUT2D eigenvalue weighted by molar-refractivity contribution is 6.03. The van der Waals surface area contributed by atoms with Crippen molar-refractivity contribution in [1.29, 1.82) is 0 Å². The van der Waals surface area contributed by atoms with E-state index in [1.54, 1.807) is 45.4 Å². The Morgan fingerprint density at radius 1 is 1.12 bits per heavy atom. The molecule has 2 rings (SSSR count). The minimum Gasteiger partial charge on any atom is -0.493 e. The molecule has 0 fully saturated rings. The summed E-state index contributed by atoms with van der Waals surface area (Å²) in [6.45, 7) is 4.60. The number of hydrogen-bond donors (Lipinski definition) is 2. The van der Waals surface area contributed by atoms with E-state index in [0.717, 1.165) is 13.0 Å². The molecular formula is C17H22N4O3. The molecule has 0 spiro atoms. The summed E-state index contributed by atoms with van der Waals surface area (Å²) in [7, 11) is 3.10. The number of anilines is 2. The molecule has 1 heterocycles. The molecule has 0 atom stereocenters. The van der Waals surface area contributed by atoms with Gasteiger partial charge in [-0.1, -0.05) is 6.92 Å². The number of ether oxygens (including phenoxy) is 2. The number of amides is 1. The number of aryl methyl sites for hydroxylation is 1. The van der Waals surface area contributed by atoms with Gasteiger partial charge in [-0.15, -0.1) is 0 Å². The van der Waals surface area contributed by atoms with Crippen molar-refractivity contribution in [1.82, 2.24) is 9.97 Å². The molecule has 1 aromatic carbocycles. The van der Waals surface area contributed by atoms with Gasteiger partial charge in [-0.25, -0.2) is 9.97 Å². The SMILES string of the molecule is CCCNc1cc(C(=O)Nc2ccc(OC)c(OC)c2)nc(C)n1. The topological polar surface area (TPSA) is 85.4 Å². The molecule has 1 aromatic heterocycles. The van der Waals surface area contributed by atoms with Crippen LogP contribution < -0.4 is 20.1 Å². The van der Waals surface area contributed by atoms with Crippen molar-refractivity contribution in [2.75, 3.05) is 31.4 Å². The highest BCUT2D eigenvalue weighted by atomic mass is 16.5. The number of nitrogens with one attached hydrogen (secondary N) is 2. The van der Waals surface area contributed by atoms with Crippen LogP contribution in [-0.4, -0.2) is 36.6 Å². The number of carbonyl (C=O) groups is 1. The lowest BCUT2D eigenvalue weighted by atomic mass is 10.2. The van der Waals surface area contributed by atoms with Crippen molar-refractivity contribution in [2.45, 2.75) is 20.3 Å². The Bertz CT molecular complexity index is 719. The first kappa shape index (κ1) is 17.5. The fourth-order valence-corrected chi connectivity index (χ4v) is 2.14. The summed E-state index contributed by atoms with van der Waals surface area (Å²) in [6, 6.07) is 6.80. The maximum Gasteiger partial charge on any atom is 0.274 e. The second-order valence-electron chi connectivity index (χ2n) is 5.14. The van der Waals surface area contributed by atoms with Crippen LogP contribution in [0.15, 0.2) is 24.3 Å². The summed E-state index contributed by atoms with van der Waals surface area (Å²) in [6.07, 6.45) is 0.968. The summed E-state index contributed by atoms with van der Waals surface area (Å²) in [5.74, 6) is 2.00. The first-order valence-corrected chi connectivity index (χ1v) is 7.70. The smallest absolute Gasteiger partial charge is 0.274 e. The van der Waals surface area contributed by atoms with Crippen LogP contribution >= 0.6 is 0 Å². The van der Waals surface area contributed by atoms with E-state index in [1.807, 2.05) is 0 Å². The molecule has 2 N–H and O–H groups in total. The maximum atomic E-state index is 12.4. The monoisotopic (exact) mass is 330 g/mol. The van der Waals surface area contributed by atoms with Crippen molar-refractivity contribution in [2.24, 2.45) is 0 Å². The van der Waals surface area contributed by atoms with Gasteiger partial charge in [0.2, 0.25) is 0 Å². The van der Waals surface area contributed by atoms with Crippen LogP contribution in [0.2, 0.25) is 0 Å². The number of benzene rings is 1. The van der Waals surface area contributed by atoms with E-state index in [-0.39, 0.29) is 5.91 Å². The Kier molecular flexibility index (Phi) is 5.95. The second kappa shape index (κ2) is 8.14. The fourth-order valence-electron chi connectivity index (χ4n) is 2.14. The first-order chi connectivity index (χ1) is 11.6. The molecule has 0 aliphatic heterocycles. The minimum absolute atomic E-state index is 0.302. The average molecular weight is 330 g/mol. The zero-order valence-corrected chi connectivity index (χ0v) is 14.3. The van der Waals surface area contributed by atoms with E-state index in [0.29, 0.717) is 34.5 Å². The van der Waals surface area contributed by atoms with E-state index in [4.69, 9.17) is 9.47 Å². The summed E-state index contributed by atoms with van der Waals surface area (Å²) in [5, 5.41) is 5.96. The molecule has 2 aromatic rings. The van der Waals surface area contributed by atoms with Gasteiger partial charge in [-0.2, -0.15) is 0 Å². The normalized spacial score (nSPS) is 10.2. The molecule has 0 saturated heterocycles. The molecule has 0 unspecified atom stereocenters. The molecule has 7 nitrogen and oxygen atoms in total. The number of rotatable bonds is 7. The summed E-state index contributed by atoms with van der Waals surface area (Å²) < 4.78 is 10.4. The zero-order chi connectivity index (χ0) is 17.5. The highest BCUT2D eigenvalue weighted by Crippen LogP contribution is 2.29. The van der Waals surface area contributed by atoms with Gasteiger partial charge in [0.05, 0.1) is 14.2 Å². The number of nitrogens with zero attached hydrogens (tertiary/aromatic N) is 2. The van der Waals surface area contributed by atoms with E-state index in [9.17, 15) is 4.79 Å². The molecule has 24 heavy (non-hydrogen) atoms.